The highest BCUT2D eigenvalue weighted by Gasteiger charge is 2.35. The van der Waals surface area contributed by atoms with E-state index in [4.69, 9.17) is 10.2 Å². The molecule has 12 heavy (non-hydrogen) atoms. The fourth-order valence-corrected chi connectivity index (χ4v) is 1.47. The van der Waals surface area contributed by atoms with E-state index in [9.17, 15) is 0 Å². The highest BCUT2D eigenvalue weighted by atomic mass is 16.3. The summed E-state index contributed by atoms with van der Waals surface area (Å²) in [6, 6.07) is 0. The second-order valence-electron chi connectivity index (χ2n) is 4.42. The van der Waals surface area contributed by atoms with Crippen molar-refractivity contribution in [2.75, 3.05) is 53.7 Å². The van der Waals surface area contributed by atoms with Crippen LogP contribution in [0.4, 0.5) is 0 Å². The molecule has 4 heteroatoms. The van der Waals surface area contributed by atoms with Crippen molar-refractivity contribution < 1.29 is 19.2 Å². The summed E-state index contributed by atoms with van der Waals surface area (Å²) in [6.45, 7) is 4.24. The lowest BCUT2D eigenvalue weighted by Crippen LogP contribution is -2.64. The largest absolute Gasteiger partial charge is 0.347 e. The molecule has 0 aliphatic carbocycles. The van der Waals surface area contributed by atoms with Crippen molar-refractivity contribution >= 4 is 0 Å². The maximum Gasteiger partial charge on any atom is 0.180 e. The maximum absolute atomic E-state index is 9.10. The molecule has 2 N–H and O–H groups in total. The molecule has 1 aliphatic rings. The summed E-state index contributed by atoms with van der Waals surface area (Å²) in [5.74, 6) is 0. The molecular formula is C8H20N2O2+2. The Morgan fingerprint density at radius 1 is 0.833 bits per heavy atom. The molecule has 4 nitrogen and oxygen atoms in total. The minimum atomic E-state index is 0.214. The van der Waals surface area contributed by atoms with Crippen LogP contribution in [0.2, 0.25) is 0 Å². The standard InChI is InChI=1S/C8H20N2O2/c1-9(7-11)3-5-10(2,8-12)6-4-9/h11-12H,3-8H2,1-2H3/q+2. The van der Waals surface area contributed by atoms with Gasteiger partial charge in [0, 0.05) is 0 Å². The summed E-state index contributed by atoms with van der Waals surface area (Å²) >= 11 is 0. The number of hydrogen-bond donors (Lipinski definition) is 2. The van der Waals surface area contributed by atoms with Gasteiger partial charge in [0.2, 0.25) is 0 Å². The van der Waals surface area contributed by atoms with E-state index in [0.717, 1.165) is 35.1 Å². The fraction of sp³-hybridized carbons (Fsp3) is 1.00. The molecule has 0 amide bonds. The van der Waals surface area contributed by atoms with E-state index < -0.39 is 0 Å². The van der Waals surface area contributed by atoms with Crippen molar-refractivity contribution in [2.45, 2.75) is 0 Å². The van der Waals surface area contributed by atoms with Crippen LogP contribution in [0.15, 0.2) is 0 Å². The third kappa shape index (κ3) is 1.95. The smallest absolute Gasteiger partial charge is 0.180 e. The van der Waals surface area contributed by atoms with Gasteiger partial charge >= 0.3 is 0 Å². The van der Waals surface area contributed by atoms with Gasteiger partial charge < -0.3 is 10.2 Å². The third-order valence-electron chi connectivity index (χ3n) is 3.04. The maximum atomic E-state index is 9.10. The zero-order chi connectivity index (χ0) is 9.24. The van der Waals surface area contributed by atoms with Crippen LogP contribution in [0.1, 0.15) is 0 Å². The molecule has 0 aromatic rings. The lowest BCUT2D eigenvalue weighted by atomic mass is 10.2. The van der Waals surface area contributed by atoms with Crippen molar-refractivity contribution in [3.8, 4) is 0 Å². The Morgan fingerprint density at radius 3 is 1.25 bits per heavy atom. The molecule has 72 valence electrons. The van der Waals surface area contributed by atoms with E-state index in [-0.39, 0.29) is 13.5 Å². The van der Waals surface area contributed by atoms with E-state index in [1.807, 2.05) is 0 Å². The van der Waals surface area contributed by atoms with Gasteiger partial charge in [0.25, 0.3) is 0 Å². The lowest BCUT2D eigenvalue weighted by Gasteiger charge is -2.44. The predicted octanol–water partition coefficient (Wildman–Crippen LogP) is -1.21. The normalized spacial score (nSPS) is 43.0. The Hall–Kier alpha value is -0.160. The first-order valence-electron chi connectivity index (χ1n) is 4.42. The highest BCUT2D eigenvalue weighted by Crippen LogP contribution is 2.13. The first-order chi connectivity index (χ1) is 5.54. The van der Waals surface area contributed by atoms with Gasteiger partial charge in [-0.3, -0.25) is 8.97 Å². The second-order valence-corrected chi connectivity index (χ2v) is 4.42. The van der Waals surface area contributed by atoms with E-state index in [1.165, 1.54) is 0 Å². The van der Waals surface area contributed by atoms with Gasteiger partial charge in [-0.15, -0.1) is 0 Å². The quantitative estimate of drug-likeness (QED) is 0.519. The van der Waals surface area contributed by atoms with Crippen LogP contribution in [0.5, 0.6) is 0 Å². The van der Waals surface area contributed by atoms with Gasteiger partial charge in [0.15, 0.2) is 13.5 Å². The summed E-state index contributed by atoms with van der Waals surface area (Å²) in [4.78, 5) is 0. The summed E-state index contributed by atoms with van der Waals surface area (Å²) < 4.78 is 1.46. The summed E-state index contributed by atoms with van der Waals surface area (Å²) in [6.07, 6.45) is 0. The van der Waals surface area contributed by atoms with Crippen LogP contribution in [0, 0.1) is 0 Å². The predicted molar refractivity (Wildman–Crippen MR) is 46.0 cm³/mol. The molecular weight excluding hydrogens is 156 g/mol. The van der Waals surface area contributed by atoms with Gasteiger partial charge in [0.05, 0.1) is 14.1 Å². The SMILES string of the molecule is C[N+]1(CO)CC[N+](C)(CO)CC1. The Labute approximate surface area is 73.8 Å². The van der Waals surface area contributed by atoms with Crippen molar-refractivity contribution in [3.05, 3.63) is 0 Å². The van der Waals surface area contributed by atoms with Crippen LogP contribution in [0.25, 0.3) is 0 Å². The number of aliphatic hydroxyl groups excluding tert-OH is 2. The number of piperazine rings is 1. The first kappa shape index (κ1) is 9.92. The van der Waals surface area contributed by atoms with Gasteiger partial charge in [-0.2, -0.15) is 0 Å². The van der Waals surface area contributed by atoms with Crippen LogP contribution in [-0.2, 0) is 0 Å². The van der Waals surface area contributed by atoms with Gasteiger partial charge in [-0.25, -0.2) is 0 Å². The summed E-state index contributed by atoms with van der Waals surface area (Å²) in [5, 5.41) is 18.2. The van der Waals surface area contributed by atoms with Crippen molar-refractivity contribution in [3.63, 3.8) is 0 Å². The second kappa shape index (κ2) is 3.30. The Morgan fingerprint density at radius 2 is 1.08 bits per heavy atom. The van der Waals surface area contributed by atoms with Gasteiger partial charge in [-0.05, 0) is 0 Å². The van der Waals surface area contributed by atoms with Gasteiger partial charge in [0.1, 0.15) is 26.2 Å². The van der Waals surface area contributed by atoms with E-state index in [2.05, 4.69) is 14.1 Å². The molecule has 0 aromatic carbocycles. The monoisotopic (exact) mass is 176 g/mol. The number of rotatable bonds is 2. The molecule has 1 rings (SSSR count). The van der Waals surface area contributed by atoms with Crippen molar-refractivity contribution in [1.29, 1.82) is 0 Å². The van der Waals surface area contributed by atoms with Gasteiger partial charge in [-0.1, -0.05) is 0 Å². The van der Waals surface area contributed by atoms with E-state index >= 15 is 0 Å². The van der Waals surface area contributed by atoms with Crippen LogP contribution < -0.4 is 0 Å². The van der Waals surface area contributed by atoms with Crippen molar-refractivity contribution in [2.24, 2.45) is 0 Å². The number of aliphatic hydroxyl groups is 2. The minimum Gasteiger partial charge on any atom is -0.347 e. The Balaban J connectivity index is 2.49. The number of likely N-dealkylation sites (N-methyl/N-ethyl adjacent to an activating group) is 2. The van der Waals surface area contributed by atoms with Crippen LogP contribution in [-0.4, -0.2) is 72.9 Å². The topological polar surface area (TPSA) is 40.5 Å². The summed E-state index contributed by atoms with van der Waals surface area (Å²) in [7, 11) is 4.11. The molecule has 0 unspecified atom stereocenters. The minimum absolute atomic E-state index is 0.214. The van der Waals surface area contributed by atoms with E-state index in [0.29, 0.717) is 0 Å². The zero-order valence-corrected chi connectivity index (χ0v) is 8.03. The van der Waals surface area contributed by atoms with Crippen LogP contribution >= 0.6 is 0 Å². The number of quaternary nitrogens is 2. The molecule has 0 bridgehead atoms. The van der Waals surface area contributed by atoms with E-state index in [1.54, 1.807) is 0 Å². The molecule has 0 radical (unpaired) electrons. The third-order valence-corrected chi connectivity index (χ3v) is 3.04. The molecule has 0 atom stereocenters. The molecule has 0 saturated carbocycles. The fourth-order valence-electron chi connectivity index (χ4n) is 1.47. The average Bonchev–Trinajstić information content (AvgIpc) is 2.11. The lowest BCUT2D eigenvalue weighted by molar-refractivity contribution is -1.03. The average molecular weight is 176 g/mol. The molecule has 1 aliphatic heterocycles. The molecule has 0 aromatic heterocycles. The number of hydrogen-bond acceptors (Lipinski definition) is 2. The highest BCUT2D eigenvalue weighted by molar-refractivity contribution is 4.45. The molecule has 1 heterocycles. The molecule has 0 spiro atoms. The van der Waals surface area contributed by atoms with Crippen LogP contribution in [0.3, 0.4) is 0 Å². The Kier molecular flexibility index (Phi) is 2.73. The zero-order valence-electron chi connectivity index (χ0n) is 8.03. The van der Waals surface area contributed by atoms with Crippen molar-refractivity contribution in [1.82, 2.24) is 0 Å². The Bertz CT molecular complexity index is 135. The first-order valence-corrected chi connectivity index (χ1v) is 4.42. The molecule has 1 fully saturated rings. The molecule has 1 saturated heterocycles. The summed E-state index contributed by atoms with van der Waals surface area (Å²) in [5.41, 5.74) is 0. The number of nitrogens with zero attached hydrogens (tertiary/aromatic N) is 2.